The molecule has 30 heavy (non-hydrogen) atoms. The Labute approximate surface area is 174 Å². The van der Waals surface area contributed by atoms with Crippen LogP contribution >= 0.6 is 0 Å². The van der Waals surface area contributed by atoms with Gasteiger partial charge in [0.1, 0.15) is 11.6 Å². The van der Waals surface area contributed by atoms with Crippen molar-refractivity contribution in [3.8, 4) is 17.3 Å². The van der Waals surface area contributed by atoms with E-state index in [1.165, 1.54) is 11.3 Å². The van der Waals surface area contributed by atoms with Crippen molar-refractivity contribution in [2.45, 2.75) is 6.42 Å². The summed E-state index contributed by atoms with van der Waals surface area (Å²) in [6.07, 6.45) is 4.57. The van der Waals surface area contributed by atoms with E-state index in [9.17, 15) is 10.1 Å². The van der Waals surface area contributed by atoms with Gasteiger partial charge in [0.15, 0.2) is 0 Å². The Morgan fingerprint density at radius 1 is 1.30 bits per heavy atom. The van der Waals surface area contributed by atoms with E-state index < -0.39 is 5.56 Å². The lowest BCUT2D eigenvalue weighted by Crippen LogP contribution is -2.19. The highest BCUT2D eigenvalue weighted by Gasteiger charge is 2.17. The Balaban J connectivity index is 1.55. The standard InChI is InChI=1S/C23H20N6O/c1-2-11-29-12-10-18-13-16(8-9-20(18)29)15-25-28-23-26-21(17-6-4-3-5-7-17)19(14-24)22(30)27-23/h2-9,13,15H,1,10-12H2,(H2,26,27,28,30). The first kappa shape index (κ1) is 19.2. The number of hydrazone groups is 1. The highest BCUT2D eigenvalue weighted by atomic mass is 16.1. The molecule has 0 saturated carbocycles. The van der Waals surface area contributed by atoms with E-state index >= 15 is 0 Å². The van der Waals surface area contributed by atoms with Crippen LogP contribution in [0.3, 0.4) is 0 Å². The average molecular weight is 396 g/mol. The fourth-order valence-corrected chi connectivity index (χ4v) is 3.52. The number of nitrogens with one attached hydrogen (secondary N) is 2. The van der Waals surface area contributed by atoms with Crippen LogP contribution in [0.1, 0.15) is 16.7 Å². The molecule has 1 aliphatic heterocycles. The predicted octanol–water partition coefficient (Wildman–Crippen LogP) is 3.30. The van der Waals surface area contributed by atoms with Gasteiger partial charge in [0, 0.05) is 24.3 Å². The molecule has 148 valence electrons. The van der Waals surface area contributed by atoms with Crippen LogP contribution in [0.4, 0.5) is 11.6 Å². The molecule has 0 fully saturated rings. The molecule has 0 aliphatic carbocycles. The Morgan fingerprint density at radius 3 is 2.90 bits per heavy atom. The van der Waals surface area contributed by atoms with Crippen molar-refractivity contribution in [2.75, 3.05) is 23.4 Å². The van der Waals surface area contributed by atoms with Crippen LogP contribution in [0, 0.1) is 11.3 Å². The van der Waals surface area contributed by atoms with Gasteiger partial charge in [-0.05, 0) is 29.7 Å². The Morgan fingerprint density at radius 2 is 2.13 bits per heavy atom. The molecule has 7 heteroatoms. The lowest BCUT2D eigenvalue weighted by Gasteiger charge is -2.16. The van der Waals surface area contributed by atoms with Crippen LogP contribution in [-0.4, -0.2) is 29.3 Å². The smallest absolute Gasteiger partial charge is 0.270 e. The summed E-state index contributed by atoms with van der Waals surface area (Å²) in [6, 6.07) is 17.2. The molecule has 0 unspecified atom stereocenters. The molecule has 1 aromatic heterocycles. The number of rotatable bonds is 6. The van der Waals surface area contributed by atoms with Gasteiger partial charge >= 0.3 is 0 Å². The molecular weight excluding hydrogens is 376 g/mol. The van der Waals surface area contributed by atoms with Crippen molar-refractivity contribution in [2.24, 2.45) is 5.10 Å². The summed E-state index contributed by atoms with van der Waals surface area (Å²) < 4.78 is 0. The molecule has 0 spiro atoms. The van der Waals surface area contributed by atoms with E-state index in [4.69, 9.17) is 0 Å². The molecule has 0 atom stereocenters. The molecule has 0 bridgehead atoms. The number of aromatic amines is 1. The lowest BCUT2D eigenvalue weighted by molar-refractivity contribution is 0.905. The third-order valence-corrected chi connectivity index (χ3v) is 4.91. The predicted molar refractivity (Wildman–Crippen MR) is 119 cm³/mol. The number of anilines is 2. The summed E-state index contributed by atoms with van der Waals surface area (Å²) in [5.74, 6) is 0.174. The molecule has 7 nitrogen and oxygen atoms in total. The summed E-state index contributed by atoms with van der Waals surface area (Å²) in [4.78, 5) is 21.5. The van der Waals surface area contributed by atoms with E-state index in [2.05, 4.69) is 44.1 Å². The first-order chi connectivity index (χ1) is 14.7. The molecule has 3 aromatic rings. The van der Waals surface area contributed by atoms with Gasteiger partial charge in [-0.25, -0.2) is 10.4 Å². The SMILES string of the molecule is C=CCN1CCc2cc(C=NNc3nc(-c4ccccc4)c(C#N)c(=O)[nH]3)ccc21. The quantitative estimate of drug-likeness (QED) is 0.379. The summed E-state index contributed by atoms with van der Waals surface area (Å²) >= 11 is 0. The number of H-pyrrole nitrogens is 1. The second-order valence-corrected chi connectivity index (χ2v) is 6.86. The summed E-state index contributed by atoms with van der Waals surface area (Å²) in [6.45, 7) is 5.63. The molecule has 4 rings (SSSR count). The number of nitriles is 1. The van der Waals surface area contributed by atoms with Crippen LogP contribution in [0.25, 0.3) is 11.3 Å². The second-order valence-electron chi connectivity index (χ2n) is 6.86. The average Bonchev–Trinajstić information content (AvgIpc) is 3.16. The second kappa shape index (κ2) is 8.45. The Kier molecular flexibility index (Phi) is 5.39. The number of hydrogen-bond donors (Lipinski definition) is 2. The first-order valence-electron chi connectivity index (χ1n) is 9.57. The van der Waals surface area contributed by atoms with Crippen LogP contribution in [0.5, 0.6) is 0 Å². The van der Waals surface area contributed by atoms with Crippen molar-refractivity contribution in [3.63, 3.8) is 0 Å². The van der Waals surface area contributed by atoms with Gasteiger partial charge in [0.2, 0.25) is 5.95 Å². The maximum absolute atomic E-state index is 12.3. The van der Waals surface area contributed by atoms with Gasteiger partial charge in [-0.1, -0.05) is 42.5 Å². The van der Waals surface area contributed by atoms with Crippen LogP contribution in [-0.2, 0) is 6.42 Å². The summed E-state index contributed by atoms with van der Waals surface area (Å²) in [5.41, 5.74) is 6.68. The third-order valence-electron chi connectivity index (χ3n) is 4.91. The van der Waals surface area contributed by atoms with Crippen LogP contribution < -0.4 is 15.9 Å². The van der Waals surface area contributed by atoms with Crippen molar-refractivity contribution in [3.05, 3.63) is 88.2 Å². The number of hydrogen-bond acceptors (Lipinski definition) is 6. The monoisotopic (exact) mass is 396 g/mol. The Bertz CT molecular complexity index is 1210. The van der Waals surface area contributed by atoms with Gasteiger partial charge in [-0.3, -0.25) is 9.78 Å². The van der Waals surface area contributed by atoms with Gasteiger partial charge in [-0.15, -0.1) is 6.58 Å². The summed E-state index contributed by atoms with van der Waals surface area (Å²) in [7, 11) is 0. The molecule has 2 aromatic carbocycles. The Hall–Kier alpha value is -4.18. The maximum Gasteiger partial charge on any atom is 0.270 e. The van der Waals surface area contributed by atoms with Crippen LogP contribution in [0.2, 0.25) is 0 Å². The highest BCUT2D eigenvalue weighted by Crippen LogP contribution is 2.28. The minimum atomic E-state index is -0.510. The molecule has 0 saturated heterocycles. The molecule has 1 aliphatic rings. The number of nitrogens with zero attached hydrogens (tertiary/aromatic N) is 4. The molecule has 0 amide bonds. The van der Waals surface area contributed by atoms with Gasteiger partial charge < -0.3 is 4.90 Å². The van der Waals surface area contributed by atoms with Gasteiger partial charge in [-0.2, -0.15) is 10.4 Å². The molecule has 2 heterocycles. The highest BCUT2D eigenvalue weighted by molar-refractivity contribution is 5.82. The maximum atomic E-state index is 12.3. The molecule has 0 radical (unpaired) electrons. The van der Waals surface area contributed by atoms with Crippen LogP contribution in [0.15, 0.2) is 71.1 Å². The minimum Gasteiger partial charge on any atom is -0.367 e. The van der Waals surface area contributed by atoms with Crippen molar-refractivity contribution >= 4 is 17.9 Å². The topological polar surface area (TPSA) is 97.2 Å². The largest absolute Gasteiger partial charge is 0.367 e. The molecular formula is C23H20N6O. The fourth-order valence-electron chi connectivity index (χ4n) is 3.52. The number of fused-ring (bicyclic) bond motifs is 1. The normalized spacial score (nSPS) is 12.6. The summed E-state index contributed by atoms with van der Waals surface area (Å²) in [5, 5.41) is 13.5. The van der Waals surface area contributed by atoms with Crippen molar-refractivity contribution in [1.82, 2.24) is 9.97 Å². The van der Waals surface area contributed by atoms with Crippen molar-refractivity contribution in [1.29, 1.82) is 5.26 Å². The zero-order valence-corrected chi connectivity index (χ0v) is 16.3. The van der Waals surface area contributed by atoms with E-state index in [1.807, 2.05) is 36.4 Å². The lowest BCUT2D eigenvalue weighted by atomic mass is 10.1. The van der Waals surface area contributed by atoms with E-state index in [1.54, 1.807) is 18.3 Å². The number of aromatic nitrogens is 2. The zero-order chi connectivity index (χ0) is 20.9. The van der Waals surface area contributed by atoms with E-state index in [-0.39, 0.29) is 11.5 Å². The van der Waals surface area contributed by atoms with E-state index in [0.717, 1.165) is 25.1 Å². The van der Waals surface area contributed by atoms with Gasteiger partial charge in [0.25, 0.3) is 5.56 Å². The van der Waals surface area contributed by atoms with Gasteiger partial charge in [0.05, 0.1) is 11.9 Å². The zero-order valence-electron chi connectivity index (χ0n) is 16.3. The molecule has 2 N–H and O–H groups in total. The fraction of sp³-hybridized carbons (Fsp3) is 0.130. The first-order valence-corrected chi connectivity index (χ1v) is 9.57. The number of benzene rings is 2. The van der Waals surface area contributed by atoms with Crippen molar-refractivity contribution < 1.29 is 0 Å². The van der Waals surface area contributed by atoms with E-state index in [0.29, 0.717) is 11.3 Å². The minimum absolute atomic E-state index is 0.0292. The third kappa shape index (κ3) is 3.84.